The second-order valence-electron chi connectivity index (χ2n) is 3.37. The Kier molecular flexibility index (Phi) is 9.94. The van der Waals surface area contributed by atoms with Crippen molar-refractivity contribution in [2.45, 2.75) is 59.2 Å². The predicted molar refractivity (Wildman–Crippen MR) is 55.8 cm³/mol. The quantitative estimate of drug-likeness (QED) is 0.676. The van der Waals surface area contributed by atoms with Crippen LogP contribution in [0.1, 0.15) is 52.9 Å². The van der Waals surface area contributed by atoms with Crippen LogP contribution in [0.3, 0.4) is 0 Å². The molecule has 80 valence electrons. The van der Waals surface area contributed by atoms with Gasteiger partial charge in [-0.1, -0.05) is 27.2 Å². The largest absolute Gasteiger partial charge is 0.353 e. The fourth-order valence-electron chi connectivity index (χ4n) is 1.09. The molecule has 0 radical (unpaired) electrons. The van der Waals surface area contributed by atoms with Crippen LogP contribution in [0, 0.1) is 0 Å². The van der Waals surface area contributed by atoms with Crippen molar-refractivity contribution in [2.24, 2.45) is 0 Å². The Morgan fingerprint density at radius 3 is 2.38 bits per heavy atom. The van der Waals surface area contributed by atoms with Gasteiger partial charge in [0.2, 0.25) is 0 Å². The molecule has 0 aromatic carbocycles. The summed E-state index contributed by atoms with van der Waals surface area (Å²) in [5, 5.41) is 0. The summed E-state index contributed by atoms with van der Waals surface area (Å²) in [6, 6.07) is 0. The van der Waals surface area contributed by atoms with E-state index in [1.807, 2.05) is 0 Å². The third-order valence-electron chi connectivity index (χ3n) is 1.65. The molecule has 1 aliphatic heterocycles. The fraction of sp³-hybridized carbons (Fsp3) is 1.00. The van der Waals surface area contributed by atoms with Gasteiger partial charge < -0.3 is 9.47 Å². The van der Waals surface area contributed by atoms with E-state index in [-0.39, 0.29) is 6.29 Å². The smallest absolute Gasteiger partial charge is 0.157 e. The van der Waals surface area contributed by atoms with E-state index in [0.717, 1.165) is 26.1 Å². The average Bonchev–Trinajstić information content (AvgIpc) is 2.18. The van der Waals surface area contributed by atoms with Gasteiger partial charge in [-0.3, -0.25) is 0 Å². The van der Waals surface area contributed by atoms with E-state index < -0.39 is 0 Å². The van der Waals surface area contributed by atoms with Gasteiger partial charge >= 0.3 is 0 Å². The Hall–Kier alpha value is -0.0800. The minimum atomic E-state index is 0.105. The first-order chi connectivity index (χ1) is 6.35. The van der Waals surface area contributed by atoms with Gasteiger partial charge in [-0.05, 0) is 25.7 Å². The second kappa shape index (κ2) is 10.0. The monoisotopic (exact) mass is 188 g/mol. The zero-order valence-corrected chi connectivity index (χ0v) is 9.34. The summed E-state index contributed by atoms with van der Waals surface area (Å²) in [6.45, 7) is 8.09. The van der Waals surface area contributed by atoms with Crippen molar-refractivity contribution >= 4 is 0 Å². The Morgan fingerprint density at radius 1 is 1.23 bits per heavy atom. The molecule has 2 heteroatoms. The molecule has 0 aromatic heterocycles. The molecule has 0 aliphatic carbocycles. The molecule has 1 atom stereocenters. The maximum atomic E-state index is 5.41. The standard InChI is InChI=1S/C8H16O2.C3H8/c1-2-6-9-8-5-3-4-7-10-8;1-3-2/h8H,2-7H2,1H3;3H2,1-2H3. The van der Waals surface area contributed by atoms with Crippen LogP contribution in [0.25, 0.3) is 0 Å². The lowest BCUT2D eigenvalue weighted by Crippen LogP contribution is -2.22. The highest BCUT2D eigenvalue weighted by Crippen LogP contribution is 2.13. The van der Waals surface area contributed by atoms with Gasteiger partial charge in [0.05, 0.1) is 0 Å². The first kappa shape index (κ1) is 12.9. The summed E-state index contributed by atoms with van der Waals surface area (Å²) < 4.78 is 10.8. The molecule has 1 fully saturated rings. The summed E-state index contributed by atoms with van der Waals surface area (Å²) in [5.41, 5.74) is 0. The molecule has 13 heavy (non-hydrogen) atoms. The fourth-order valence-corrected chi connectivity index (χ4v) is 1.09. The van der Waals surface area contributed by atoms with E-state index in [9.17, 15) is 0 Å². The summed E-state index contributed by atoms with van der Waals surface area (Å²) >= 11 is 0. The highest BCUT2D eigenvalue weighted by atomic mass is 16.7. The molecule has 2 nitrogen and oxygen atoms in total. The number of rotatable bonds is 3. The van der Waals surface area contributed by atoms with Crippen LogP contribution in [0.4, 0.5) is 0 Å². The van der Waals surface area contributed by atoms with E-state index in [2.05, 4.69) is 20.8 Å². The van der Waals surface area contributed by atoms with Gasteiger partial charge in [0.25, 0.3) is 0 Å². The van der Waals surface area contributed by atoms with Gasteiger partial charge in [0.15, 0.2) is 6.29 Å². The SMILES string of the molecule is CCC.CCCOC1CCCCO1. The first-order valence-corrected chi connectivity index (χ1v) is 5.58. The number of hydrogen-bond acceptors (Lipinski definition) is 2. The van der Waals surface area contributed by atoms with Crippen LogP contribution in [0.2, 0.25) is 0 Å². The molecular weight excluding hydrogens is 164 g/mol. The lowest BCUT2D eigenvalue weighted by atomic mass is 10.2. The van der Waals surface area contributed by atoms with Gasteiger partial charge in [0.1, 0.15) is 0 Å². The van der Waals surface area contributed by atoms with Gasteiger partial charge in [-0.2, -0.15) is 0 Å². The highest BCUT2D eigenvalue weighted by molar-refractivity contribution is 4.53. The van der Waals surface area contributed by atoms with Gasteiger partial charge in [-0.25, -0.2) is 0 Å². The molecule has 0 bridgehead atoms. The van der Waals surface area contributed by atoms with E-state index >= 15 is 0 Å². The molecule has 1 rings (SSSR count). The van der Waals surface area contributed by atoms with Crippen molar-refractivity contribution in [3.05, 3.63) is 0 Å². The predicted octanol–water partition coefficient (Wildman–Crippen LogP) is 3.36. The Bertz CT molecular complexity index is 88.1. The molecule has 0 aromatic rings. The van der Waals surface area contributed by atoms with Crippen LogP contribution in [0.15, 0.2) is 0 Å². The molecule has 0 N–H and O–H groups in total. The van der Waals surface area contributed by atoms with Crippen molar-refractivity contribution in [3.63, 3.8) is 0 Å². The van der Waals surface area contributed by atoms with Crippen molar-refractivity contribution in [3.8, 4) is 0 Å². The second-order valence-corrected chi connectivity index (χ2v) is 3.37. The van der Waals surface area contributed by atoms with Gasteiger partial charge in [0, 0.05) is 13.2 Å². The van der Waals surface area contributed by atoms with Crippen molar-refractivity contribution in [2.75, 3.05) is 13.2 Å². The van der Waals surface area contributed by atoms with Crippen LogP contribution in [-0.4, -0.2) is 19.5 Å². The van der Waals surface area contributed by atoms with Crippen LogP contribution in [-0.2, 0) is 9.47 Å². The van der Waals surface area contributed by atoms with E-state index in [0.29, 0.717) is 0 Å². The molecule has 0 amide bonds. The lowest BCUT2D eigenvalue weighted by molar-refractivity contribution is -0.162. The van der Waals surface area contributed by atoms with Crippen LogP contribution in [0.5, 0.6) is 0 Å². The van der Waals surface area contributed by atoms with E-state index in [1.165, 1.54) is 19.3 Å². The number of ether oxygens (including phenoxy) is 2. The van der Waals surface area contributed by atoms with Crippen LogP contribution >= 0.6 is 0 Å². The summed E-state index contributed by atoms with van der Waals surface area (Å²) in [5.74, 6) is 0. The zero-order valence-electron chi connectivity index (χ0n) is 9.34. The average molecular weight is 188 g/mol. The maximum absolute atomic E-state index is 5.41. The van der Waals surface area contributed by atoms with Crippen LogP contribution < -0.4 is 0 Å². The molecule has 0 saturated carbocycles. The van der Waals surface area contributed by atoms with Crippen molar-refractivity contribution in [1.82, 2.24) is 0 Å². The van der Waals surface area contributed by atoms with E-state index in [4.69, 9.17) is 9.47 Å². The Labute approximate surface area is 82.6 Å². The van der Waals surface area contributed by atoms with Crippen molar-refractivity contribution < 1.29 is 9.47 Å². The Morgan fingerprint density at radius 2 is 1.92 bits per heavy atom. The minimum absolute atomic E-state index is 0.105. The minimum Gasteiger partial charge on any atom is -0.353 e. The summed E-state index contributed by atoms with van der Waals surface area (Å²) in [7, 11) is 0. The summed E-state index contributed by atoms with van der Waals surface area (Å²) in [6.07, 6.45) is 5.98. The first-order valence-electron chi connectivity index (χ1n) is 5.58. The van der Waals surface area contributed by atoms with Crippen molar-refractivity contribution in [1.29, 1.82) is 0 Å². The molecular formula is C11H24O2. The Balaban J connectivity index is 0.000000424. The topological polar surface area (TPSA) is 18.5 Å². The van der Waals surface area contributed by atoms with E-state index in [1.54, 1.807) is 0 Å². The molecule has 1 unspecified atom stereocenters. The number of hydrogen-bond donors (Lipinski definition) is 0. The maximum Gasteiger partial charge on any atom is 0.157 e. The summed E-state index contributed by atoms with van der Waals surface area (Å²) in [4.78, 5) is 0. The normalized spacial score (nSPS) is 21.9. The zero-order chi connectivity index (χ0) is 9.94. The lowest BCUT2D eigenvalue weighted by Gasteiger charge is -2.22. The molecule has 1 heterocycles. The molecule has 1 saturated heterocycles. The third-order valence-corrected chi connectivity index (χ3v) is 1.65. The molecule has 0 spiro atoms. The third kappa shape index (κ3) is 8.26. The highest BCUT2D eigenvalue weighted by Gasteiger charge is 2.12. The van der Waals surface area contributed by atoms with Gasteiger partial charge in [-0.15, -0.1) is 0 Å². The molecule has 1 aliphatic rings.